The van der Waals surface area contributed by atoms with Crippen molar-refractivity contribution < 1.29 is 34.9 Å². The Morgan fingerprint density at radius 3 is 1.56 bits per heavy atom. The molecule has 0 aliphatic heterocycles. The zero-order valence-corrected chi connectivity index (χ0v) is 15.0. The molecular formula is C12H10HgO2S. The average molecular weight is 419 g/mol. The number of hydrogen-bond acceptors (Lipinski definition) is 2. The van der Waals surface area contributed by atoms with Crippen LogP contribution in [0.25, 0.3) is 0 Å². The van der Waals surface area contributed by atoms with Gasteiger partial charge in [-0.1, -0.05) is 18.2 Å². The van der Waals surface area contributed by atoms with Crippen molar-refractivity contribution in [1.82, 2.24) is 0 Å². The van der Waals surface area contributed by atoms with Crippen LogP contribution in [-0.2, 0) is 37.2 Å². The van der Waals surface area contributed by atoms with Gasteiger partial charge in [0.05, 0.1) is 0 Å². The summed E-state index contributed by atoms with van der Waals surface area (Å²) < 4.78 is 21.9. The predicted octanol–water partition coefficient (Wildman–Crippen LogP) is 1.78. The van der Waals surface area contributed by atoms with E-state index in [1.165, 1.54) is 3.07 Å². The molecule has 0 spiro atoms. The third-order valence-corrected chi connectivity index (χ3v) is 4.27. The molecule has 2 aromatic rings. The van der Waals surface area contributed by atoms with Gasteiger partial charge < -0.3 is 4.55 Å². The van der Waals surface area contributed by atoms with E-state index >= 15 is 0 Å². The van der Waals surface area contributed by atoms with E-state index in [1.54, 1.807) is 30.3 Å². The van der Waals surface area contributed by atoms with Gasteiger partial charge in [-0.3, -0.25) is 4.21 Å². The van der Waals surface area contributed by atoms with Crippen molar-refractivity contribution >= 4 is 14.2 Å². The van der Waals surface area contributed by atoms with Crippen molar-refractivity contribution in [1.29, 1.82) is 0 Å². The summed E-state index contributed by atoms with van der Waals surface area (Å²) in [5.74, 6) is 0. The minimum atomic E-state index is -2.08. The Labute approximate surface area is 114 Å². The van der Waals surface area contributed by atoms with Crippen LogP contribution in [0.3, 0.4) is 0 Å². The van der Waals surface area contributed by atoms with Crippen molar-refractivity contribution in [3.05, 3.63) is 60.7 Å². The summed E-state index contributed by atoms with van der Waals surface area (Å²) in [7, 11) is 0. The fourth-order valence-electron chi connectivity index (χ4n) is 1.01. The van der Waals surface area contributed by atoms with E-state index in [-0.39, 0.29) is 0 Å². The normalized spacial score (nSPS) is 11.2. The molecule has 0 bridgehead atoms. The molecule has 2 aromatic carbocycles. The van der Waals surface area contributed by atoms with E-state index in [9.17, 15) is 8.76 Å². The zero-order valence-electron chi connectivity index (χ0n) is 8.71. The van der Waals surface area contributed by atoms with Crippen LogP contribution in [0, 0.1) is 0 Å². The molecule has 1 atom stereocenters. The minimum absolute atomic E-state index is 0.331. The van der Waals surface area contributed by atoms with Crippen LogP contribution in [0.1, 0.15) is 0 Å². The maximum absolute atomic E-state index is 10.2. The molecule has 0 fully saturated rings. The third-order valence-electron chi connectivity index (χ3n) is 1.78. The first kappa shape index (κ1) is 13.5. The topological polar surface area (TPSA) is 40.1 Å². The van der Waals surface area contributed by atoms with Gasteiger partial charge in [-0.25, -0.2) is 0 Å². The van der Waals surface area contributed by atoms with Gasteiger partial charge >= 0.3 is 59.5 Å². The summed E-state index contributed by atoms with van der Waals surface area (Å²) in [5.41, 5.74) is 0. The van der Waals surface area contributed by atoms with Gasteiger partial charge in [0.1, 0.15) is 0 Å². The van der Waals surface area contributed by atoms with E-state index in [0.29, 0.717) is 4.90 Å². The second-order valence-corrected chi connectivity index (χ2v) is 7.15. The number of benzene rings is 2. The Morgan fingerprint density at radius 2 is 1.31 bits per heavy atom. The summed E-state index contributed by atoms with van der Waals surface area (Å²) in [6, 6.07) is 18.8. The number of hydrogen-bond donors (Lipinski definition) is 0. The molecule has 0 N–H and O–H groups in total. The maximum atomic E-state index is 10.2. The molecule has 0 aromatic heterocycles. The van der Waals surface area contributed by atoms with Crippen LogP contribution in [0.4, 0.5) is 0 Å². The van der Waals surface area contributed by atoms with Crippen LogP contribution >= 0.6 is 0 Å². The predicted molar refractivity (Wildman–Crippen MR) is 59.7 cm³/mol. The van der Waals surface area contributed by atoms with E-state index in [0.717, 1.165) is 26.1 Å². The first-order valence-corrected chi connectivity index (χ1v) is 8.54. The quantitative estimate of drug-likeness (QED) is 0.523. The standard InChI is InChI=1S/C6H6O2S.C6H5.Hg/c7-9(8)6-4-2-1-3-5-6;1-2-4-6-5-3-1;/h1-5H,(H,7,8);1-5H;/q;;+1/p-1. The summed E-state index contributed by atoms with van der Waals surface area (Å²) in [6.07, 6.45) is 0. The molecule has 2 rings (SSSR count). The molecule has 78 valence electrons. The van der Waals surface area contributed by atoms with Crippen LogP contribution < -0.4 is 3.07 Å². The number of rotatable bonds is 1. The second kappa shape index (κ2) is 7.71. The first-order valence-electron chi connectivity index (χ1n) is 4.71. The van der Waals surface area contributed by atoms with Gasteiger partial charge in [0.25, 0.3) is 0 Å². The van der Waals surface area contributed by atoms with Crippen molar-refractivity contribution in [2.45, 2.75) is 4.90 Å². The molecule has 16 heavy (non-hydrogen) atoms. The average Bonchev–Trinajstić information content (AvgIpc) is 2.32. The Balaban J connectivity index is 0.000000165. The molecule has 0 saturated carbocycles. The molecule has 0 aliphatic rings. The van der Waals surface area contributed by atoms with Gasteiger partial charge in [0.15, 0.2) is 0 Å². The Kier molecular flexibility index (Phi) is 6.53. The molecule has 0 aliphatic carbocycles. The van der Waals surface area contributed by atoms with Crippen LogP contribution in [-0.4, -0.2) is 8.76 Å². The van der Waals surface area contributed by atoms with E-state index < -0.39 is 11.1 Å². The Morgan fingerprint density at radius 1 is 0.875 bits per heavy atom. The monoisotopic (exact) mass is 420 g/mol. The summed E-state index contributed by atoms with van der Waals surface area (Å²) in [4.78, 5) is 0.331. The molecular weight excluding hydrogens is 409 g/mol. The Bertz CT molecular complexity index is 431. The van der Waals surface area contributed by atoms with E-state index in [2.05, 4.69) is 30.3 Å². The van der Waals surface area contributed by atoms with Crippen LogP contribution in [0.2, 0.25) is 0 Å². The van der Waals surface area contributed by atoms with Crippen molar-refractivity contribution in [3.8, 4) is 0 Å². The molecule has 2 nitrogen and oxygen atoms in total. The van der Waals surface area contributed by atoms with Crippen molar-refractivity contribution in [2.24, 2.45) is 0 Å². The third kappa shape index (κ3) is 5.54. The summed E-state index contributed by atoms with van der Waals surface area (Å²) >= 11 is -1.27. The second-order valence-electron chi connectivity index (χ2n) is 3.03. The fraction of sp³-hybridized carbons (Fsp3) is 0. The van der Waals surface area contributed by atoms with Gasteiger partial charge in [-0.2, -0.15) is 0 Å². The molecule has 4 heteroatoms. The van der Waals surface area contributed by atoms with Gasteiger partial charge in [-0.05, 0) is 23.2 Å². The van der Waals surface area contributed by atoms with E-state index in [4.69, 9.17) is 0 Å². The molecule has 0 heterocycles. The van der Waals surface area contributed by atoms with Gasteiger partial charge in [0.2, 0.25) is 0 Å². The van der Waals surface area contributed by atoms with Gasteiger partial charge in [-0.15, -0.1) is 0 Å². The summed E-state index contributed by atoms with van der Waals surface area (Å²) in [6.45, 7) is 0. The SMILES string of the molecule is O=S([O-])c1ccccc1.[Hg+][c]1ccccc1. The molecule has 0 amide bonds. The molecule has 0 radical (unpaired) electrons. The van der Waals surface area contributed by atoms with Crippen molar-refractivity contribution in [3.63, 3.8) is 0 Å². The van der Waals surface area contributed by atoms with Crippen molar-refractivity contribution in [2.75, 3.05) is 0 Å². The first-order chi connectivity index (χ1) is 7.70. The summed E-state index contributed by atoms with van der Waals surface area (Å²) in [5, 5.41) is 0. The molecule has 1 unspecified atom stereocenters. The fourth-order valence-corrected chi connectivity index (χ4v) is 2.45. The van der Waals surface area contributed by atoms with E-state index in [1.807, 2.05) is 0 Å². The molecule has 0 saturated heterocycles. The zero-order chi connectivity index (χ0) is 11.8. The van der Waals surface area contributed by atoms with Gasteiger partial charge in [0, 0.05) is 4.90 Å². The van der Waals surface area contributed by atoms with Crippen LogP contribution in [0.15, 0.2) is 65.6 Å². The Hall–Kier alpha value is -0.515. The van der Waals surface area contributed by atoms with Crippen LogP contribution in [0.5, 0.6) is 0 Å².